The average molecular weight is 609 g/mol. The van der Waals surface area contributed by atoms with Gasteiger partial charge < -0.3 is 4.74 Å². The first-order chi connectivity index (χ1) is 21.6. The van der Waals surface area contributed by atoms with E-state index < -0.39 is 14.2 Å². The summed E-state index contributed by atoms with van der Waals surface area (Å²) in [6.45, 7) is 11.9. The number of hydrogen-bond acceptors (Lipinski definition) is 2. The molecule has 5 aromatic carbocycles. The van der Waals surface area contributed by atoms with Crippen molar-refractivity contribution in [2.45, 2.75) is 70.2 Å². The molecule has 5 aromatic rings. The van der Waals surface area contributed by atoms with Crippen molar-refractivity contribution in [1.29, 1.82) is 0 Å². The second-order valence-electron chi connectivity index (χ2n) is 14.1. The molecule has 1 unspecified atom stereocenters. The molecular weight excluding hydrogens is 565 g/mol. The predicted octanol–water partition coefficient (Wildman–Crippen LogP) is 9.61. The van der Waals surface area contributed by atoms with E-state index in [9.17, 15) is 4.79 Å². The van der Waals surface area contributed by atoms with E-state index in [1.54, 1.807) is 0 Å². The molecule has 0 aromatic heterocycles. The normalized spacial score (nSPS) is 16.6. The lowest BCUT2D eigenvalue weighted by molar-refractivity contribution is -0.129. The highest BCUT2D eigenvalue weighted by Crippen LogP contribution is 2.45. The van der Waals surface area contributed by atoms with Crippen molar-refractivity contribution in [2.75, 3.05) is 0 Å². The molecule has 1 aliphatic heterocycles. The Morgan fingerprint density at radius 3 is 1.82 bits per heavy atom. The molecule has 2 atom stereocenters. The molecule has 0 aliphatic carbocycles. The van der Waals surface area contributed by atoms with Gasteiger partial charge in [-0.1, -0.05) is 160 Å². The van der Waals surface area contributed by atoms with Gasteiger partial charge in [-0.15, -0.1) is 0 Å². The van der Waals surface area contributed by atoms with Crippen LogP contribution in [0.2, 0.25) is 18.1 Å². The van der Waals surface area contributed by atoms with E-state index in [0.717, 1.165) is 35.3 Å². The lowest BCUT2D eigenvalue weighted by Gasteiger charge is -2.38. The average Bonchev–Trinajstić information content (AvgIpc) is 3.03. The van der Waals surface area contributed by atoms with Gasteiger partial charge in [0.2, 0.25) is 0 Å². The molecule has 3 heteroatoms. The van der Waals surface area contributed by atoms with Crippen LogP contribution in [0.3, 0.4) is 0 Å². The Morgan fingerprint density at radius 1 is 0.644 bits per heavy atom. The molecule has 0 radical (unpaired) electrons. The number of ketones is 1. The van der Waals surface area contributed by atoms with Gasteiger partial charge in [0.05, 0.1) is 14.0 Å². The van der Waals surface area contributed by atoms with E-state index in [-0.39, 0.29) is 16.7 Å². The first-order valence-electron chi connectivity index (χ1n) is 16.2. The summed E-state index contributed by atoms with van der Waals surface area (Å²) in [5, 5.41) is 1.54. The van der Waals surface area contributed by atoms with Crippen LogP contribution < -0.4 is 9.92 Å². The van der Waals surface area contributed by atoms with Gasteiger partial charge in [0.1, 0.15) is 5.75 Å². The summed E-state index contributed by atoms with van der Waals surface area (Å²) in [5.74, 6) is 0.684. The Labute approximate surface area is 270 Å². The smallest absolute Gasteiger partial charge is 0.185 e. The van der Waals surface area contributed by atoms with Crippen molar-refractivity contribution < 1.29 is 9.53 Å². The molecule has 0 spiro atoms. The maximum Gasteiger partial charge on any atom is 0.185 e. The quantitative estimate of drug-likeness (QED) is 0.164. The Hall–Kier alpha value is -4.21. The number of Topliss-reactive ketones (excluding diaryl/α,β-unsaturated/α-hetero) is 1. The Morgan fingerprint density at radius 2 is 1.22 bits per heavy atom. The summed E-state index contributed by atoms with van der Waals surface area (Å²) in [6, 6.07) is 44.8. The monoisotopic (exact) mass is 608 g/mol. The number of carbonyl (C=O) groups excluding carboxylic acids is 1. The summed E-state index contributed by atoms with van der Waals surface area (Å²) < 4.78 is 6.87. The third-order valence-corrected chi connectivity index (χ3v) is 15.5. The molecule has 0 bridgehead atoms. The summed E-state index contributed by atoms with van der Waals surface area (Å²) >= 11 is 0. The zero-order valence-corrected chi connectivity index (χ0v) is 28.2. The van der Waals surface area contributed by atoms with Gasteiger partial charge in [-0.2, -0.15) is 0 Å². The van der Waals surface area contributed by atoms with Crippen molar-refractivity contribution in [3.05, 3.63) is 166 Å². The standard InChI is InChI=1S/C42H44O2Si/c1-42(2,3)45(4,5)36-23-15-22-34(29-36)41-40(43)37(27-32-20-13-8-14-21-32)39-35(25-31-18-11-7-12-19-31)26-33(28-38(39)44-41)24-30-16-9-6-10-17-30/h6-23,26,28-29,37,41H,24-25,27H2,1-5H3/t37?,41-/m1/s1. The van der Waals surface area contributed by atoms with Gasteiger partial charge in [0.25, 0.3) is 0 Å². The number of hydrogen-bond donors (Lipinski definition) is 0. The molecule has 2 nitrogen and oxygen atoms in total. The van der Waals surface area contributed by atoms with Crippen LogP contribution >= 0.6 is 0 Å². The molecule has 0 fully saturated rings. The maximum atomic E-state index is 14.7. The van der Waals surface area contributed by atoms with Crippen LogP contribution in [0, 0.1) is 0 Å². The zero-order chi connectivity index (χ0) is 31.6. The van der Waals surface area contributed by atoms with Crippen LogP contribution in [-0.4, -0.2) is 13.9 Å². The molecule has 0 saturated carbocycles. The van der Waals surface area contributed by atoms with E-state index in [0.29, 0.717) is 6.42 Å². The molecule has 228 valence electrons. The van der Waals surface area contributed by atoms with Crippen molar-refractivity contribution >= 4 is 19.0 Å². The molecule has 0 N–H and O–H groups in total. The van der Waals surface area contributed by atoms with Gasteiger partial charge in [0.15, 0.2) is 11.9 Å². The minimum atomic E-state index is -1.82. The molecule has 1 heterocycles. The summed E-state index contributed by atoms with van der Waals surface area (Å²) in [4.78, 5) is 14.7. The van der Waals surface area contributed by atoms with E-state index in [1.165, 1.54) is 27.4 Å². The first-order valence-corrected chi connectivity index (χ1v) is 19.2. The summed E-state index contributed by atoms with van der Waals surface area (Å²) in [6.07, 6.45) is 1.56. The predicted molar refractivity (Wildman–Crippen MR) is 189 cm³/mol. The van der Waals surface area contributed by atoms with Crippen LogP contribution in [0.1, 0.15) is 71.7 Å². The van der Waals surface area contributed by atoms with Gasteiger partial charge in [-0.25, -0.2) is 0 Å². The van der Waals surface area contributed by atoms with E-state index >= 15 is 0 Å². The Bertz CT molecular complexity index is 1770. The number of benzene rings is 5. The lowest BCUT2D eigenvalue weighted by atomic mass is 9.78. The summed E-state index contributed by atoms with van der Waals surface area (Å²) in [7, 11) is -1.82. The van der Waals surface area contributed by atoms with E-state index in [1.807, 2.05) is 6.07 Å². The Kier molecular flexibility index (Phi) is 8.66. The topological polar surface area (TPSA) is 26.3 Å². The molecule has 0 amide bonds. The van der Waals surface area contributed by atoms with Gasteiger partial charge in [0, 0.05) is 5.56 Å². The largest absolute Gasteiger partial charge is 0.478 e. The molecule has 0 saturated heterocycles. The van der Waals surface area contributed by atoms with Gasteiger partial charge in [-0.3, -0.25) is 4.79 Å². The highest BCUT2D eigenvalue weighted by molar-refractivity contribution is 6.92. The van der Waals surface area contributed by atoms with E-state index in [4.69, 9.17) is 4.74 Å². The number of ether oxygens (including phenoxy) is 1. The SMILES string of the molecule is CC(C)(C)[Si](C)(C)c1cccc([C@H]2Oc3cc(Cc4ccccc4)cc(Cc4ccccc4)c3C(Cc3ccccc3)C2=O)c1. The summed E-state index contributed by atoms with van der Waals surface area (Å²) in [5.41, 5.74) is 8.03. The van der Waals surface area contributed by atoms with E-state index in [2.05, 4.69) is 155 Å². The van der Waals surface area contributed by atoms with Crippen LogP contribution in [0.5, 0.6) is 5.75 Å². The van der Waals surface area contributed by atoms with Crippen LogP contribution in [0.25, 0.3) is 0 Å². The molecule has 1 aliphatic rings. The fourth-order valence-corrected chi connectivity index (χ4v) is 8.36. The third-order valence-electron chi connectivity index (χ3n) is 10.0. The zero-order valence-electron chi connectivity index (χ0n) is 27.2. The second kappa shape index (κ2) is 12.7. The van der Waals surface area contributed by atoms with Crippen molar-refractivity contribution in [2.24, 2.45) is 0 Å². The van der Waals surface area contributed by atoms with Crippen molar-refractivity contribution in [3.8, 4) is 5.75 Å². The third kappa shape index (κ3) is 6.60. The number of carbonyl (C=O) groups is 1. The number of fused-ring (bicyclic) bond motifs is 1. The van der Waals surface area contributed by atoms with Crippen molar-refractivity contribution in [3.63, 3.8) is 0 Å². The lowest BCUT2D eigenvalue weighted by Crippen LogP contribution is -2.49. The van der Waals surface area contributed by atoms with Gasteiger partial charge in [-0.05, 0) is 63.7 Å². The fraction of sp³-hybridized carbons (Fsp3) is 0.262. The molecule has 6 rings (SSSR count). The minimum absolute atomic E-state index is 0.142. The fourth-order valence-electron chi connectivity index (χ4n) is 6.45. The van der Waals surface area contributed by atoms with Crippen molar-refractivity contribution in [1.82, 2.24) is 0 Å². The van der Waals surface area contributed by atoms with Crippen LogP contribution in [0.15, 0.2) is 127 Å². The highest BCUT2D eigenvalue weighted by atomic mass is 28.3. The Balaban J connectivity index is 1.49. The minimum Gasteiger partial charge on any atom is -0.478 e. The second-order valence-corrected chi connectivity index (χ2v) is 19.5. The first kappa shape index (κ1) is 30.8. The molecule has 45 heavy (non-hydrogen) atoms. The number of rotatable bonds is 8. The van der Waals surface area contributed by atoms with Crippen LogP contribution in [-0.2, 0) is 24.1 Å². The maximum absolute atomic E-state index is 14.7. The van der Waals surface area contributed by atoms with Crippen LogP contribution in [0.4, 0.5) is 0 Å². The molecular formula is C42H44O2Si. The highest BCUT2D eigenvalue weighted by Gasteiger charge is 2.41. The van der Waals surface area contributed by atoms with Gasteiger partial charge >= 0.3 is 0 Å².